The Labute approximate surface area is 166 Å². The zero-order valence-corrected chi connectivity index (χ0v) is 15.3. The fraction of sp³-hybridized carbons (Fsp3) is 0.0455. The van der Waals surface area contributed by atoms with E-state index in [0.29, 0.717) is 23.6 Å². The van der Waals surface area contributed by atoms with Crippen LogP contribution in [0.15, 0.2) is 79.1 Å². The molecule has 0 fully saturated rings. The number of hydrogen-bond acceptors (Lipinski definition) is 4. The van der Waals surface area contributed by atoms with Gasteiger partial charge in [0.1, 0.15) is 17.3 Å². The third-order valence-electron chi connectivity index (χ3n) is 4.41. The molecule has 0 aliphatic carbocycles. The number of aromatic nitrogens is 3. The summed E-state index contributed by atoms with van der Waals surface area (Å²) >= 11 is 0. The average Bonchev–Trinajstić information content (AvgIpc) is 3.17. The van der Waals surface area contributed by atoms with E-state index in [1.165, 1.54) is 24.4 Å². The van der Waals surface area contributed by atoms with Gasteiger partial charge in [-0.3, -0.25) is 0 Å². The molecule has 0 radical (unpaired) electrons. The number of hydrogen-bond donors (Lipinski definition) is 2. The van der Waals surface area contributed by atoms with Crippen LogP contribution >= 0.6 is 0 Å². The number of anilines is 1. The third kappa shape index (κ3) is 3.98. The highest BCUT2D eigenvalue weighted by Gasteiger charge is 2.16. The summed E-state index contributed by atoms with van der Waals surface area (Å²) in [4.78, 5) is 15.3. The van der Waals surface area contributed by atoms with Crippen LogP contribution in [0.4, 0.5) is 10.2 Å². The molecule has 0 saturated carbocycles. The number of carbonyl (C=O) groups is 1. The van der Waals surface area contributed by atoms with Crippen LogP contribution in [0.25, 0.3) is 16.9 Å². The van der Waals surface area contributed by atoms with Crippen LogP contribution in [-0.4, -0.2) is 25.8 Å². The maximum Gasteiger partial charge on any atom is 0.335 e. The van der Waals surface area contributed by atoms with Gasteiger partial charge in [0.15, 0.2) is 0 Å². The number of pyridine rings is 1. The Bertz CT molecular complexity index is 1160. The molecule has 2 N–H and O–H groups in total. The second-order valence-electron chi connectivity index (χ2n) is 6.35. The van der Waals surface area contributed by atoms with Crippen molar-refractivity contribution in [2.75, 3.05) is 5.32 Å². The van der Waals surface area contributed by atoms with Crippen LogP contribution < -0.4 is 5.32 Å². The van der Waals surface area contributed by atoms with E-state index in [4.69, 9.17) is 5.11 Å². The lowest BCUT2D eigenvalue weighted by Crippen LogP contribution is -2.04. The zero-order chi connectivity index (χ0) is 20.2. The van der Waals surface area contributed by atoms with Crippen LogP contribution in [0.2, 0.25) is 0 Å². The van der Waals surface area contributed by atoms with Gasteiger partial charge < -0.3 is 10.4 Å². The number of halogens is 1. The molecule has 29 heavy (non-hydrogen) atoms. The van der Waals surface area contributed by atoms with E-state index in [9.17, 15) is 9.18 Å². The van der Waals surface area contributed by atoms with Crippen molar-refractivity contribution in [2.24, 2.45) is 0 Å². The molecule has 0 saturated heterocycles. The molecule has 0 unspecified atom stereocenters. The smallest absolute Gasteiger partial charge is 0.335 e. The standard InChI is InChI=1S/C22H17FN4O2/c23-19-9-5-4-8-18(19)21-16(14-27(26-21)17-6-2-1-3-7-17)13-25-20-12-15(22(28)29)10-11-24-20/h1-12,14H,13H2,(H,24,25)(H,28,29). The van der Waals surface area contributed by atoms with Crippen LogP contribution in [-0.2, 0) is 6.54 Å². The van der Waals surface area contributed by atoms with Gasteiger partial charge >= 0.3 is 5.97 Å². The first-order valence-corrected chi connectivity index (χ1v) is 8.94. The molecule has 2 heterocycles. The molecule has 0 aliphatic heterocycles. The number of aromatic carboxylic acids is 1. The number of nitrogens with zero attached hydrogens (tertiary/aromatic N) is 3. The third-order valence-corrected chi connectivity index (χ3v) is 4.41. The van der Waals surface area contributed by atoms with Crippen molar-refractivity contribution in [3.05, 3.63) is 96.1 Å². The summed E-state index contributed by atoms with van der Waals surface area (Å²) in [6, 6.07) is 18.9. The zero-order valence-electron chi connectivity index (χ0n) is 15.3. The number of rotatable bonds is 6. The highest BCUT2D eigenvalue weighted by Crippen LogP contribution is 2.26. The van der Waals surface area contributed by atoms with Crippen molar-refractivity contribution in [3.8, 4) is 16.9 Å². The highest BCUT2D eigenvalue weighted by atomic mass is 19.1. The van der Waals surface area contributed by atoms with Gasteiger partial charge in [-0.05, 0) is 36.4 Å². The first kappa shape index (κ1) is 18.4. The van der Waals surface area contributed by atoms with Crippen LogP contribution in [0, 0.1) is 5.82 Å². The molecule has 6 nitrogen and oxygen atoms in total. The number of benzene rings is 2. The van der Waals surface area contributed by atoms with Crippen molar-refractivity contribution in [2.45, 2.75) is 6.54 Å². The van der Waals surface area contributed by atoms with Crippen molar-refractivity contribution in [1.29, 1.82) is 0 Å². The summed E-state index contributed by atoms with van der Waals surface area (Å²) in [5.41, 5.74) is 2.64. The van der Waals surface area contributed by atoms with Crippen molar-refractivity contribution in [3.63, 3.8) is 0 Å². The summed E-state index contributed by atoms with van der Waals surface area (Å²) in [5, 5.41) is 16.8. The van der Waals surface area contributed by atoms with Crippen LogP contribution in [0.3, 0.4) is 0 Å². The number of carboxylic acid groups (broad SMARTS) is 1. The van der Waals surface area contributed by atoms with Gasteiger partial charge in [-0.2, -0.15) is 5.10 Å². The molecule has 0 bridgehead atoms. The lowest BCUT2D eigenvalue weighted by atomic mass is 10.1. The normalized spacial score (nSPS) is 10.7. The van der Waals surface area contributed by atoms with E-state index in [0.717, 1.165) is 11.3 Å². The molecule has 0 spiro atoms. The minimum Gasteiger partial charge on any atom is -0.478 e. The minimum absolute atomic E-state index is 0.136. The summed E-state index contributed by atoms with van der Waals surface area (Å²) in [6.07, 6.45) is 3.25. The Morgan fingerprint density at radius 2 is 1.83 bits per heavy atom. The van der Waals surface area contributed by atoms with Gasteiger partial charge in [0.05, 0.1) is 11.3 Å². The van der Waals surface area contributed by atoms with Gasteiger partial charge in [-0.15, -0.1) is 0 Å². The summed E-state index contributed by atoms with van der Waals surface area (Å²) < 4.78 is 16.1. The van der Waals surface area contributed by atoms with E-state index in [-0.39, 0.29) is 11.4 Å². The van der Waals surface area contributed by atoms with Gasteiger partial charge in [-0.25, -0.2) is 18.9 Å². The molecule has 0 aliphatic rings. The molecular weight excluding hydrogens is 371 g/mol. The van der Waals surface area contributed by atoms with Gasteiger partial charge in [-0.1, -0.05) is 30.3 Å². The molecule has 4 rings (SSSR count). The molecule has 2 aromatic carbocycles. The monoisotopic (exact) mass is 388 g/mol. The molecule has 4 aromatic rings. The lowest BCUT2D eigenvalue weighted by Gasteiger charge is -2.07. The summed E-state index contributed by atoms with van der Waals surface area (Å²) in [5.74, 6) is -0.978. The quantitative estimate of drug-likeness (QED) is 0.512. The summed E-state index contributed by atoms with van der Waals surface area (Å²) in [6.45, 7) is 0.298. The SMILES string of the molecule is O=C(O)c1ccnc(NCc2cn(-c3ccccc3)nc2-c2ccccc2F)c1. The van der Waals surface area contributed by atoms with Gasteiger partial charge in [0.2, 0.25) is 0 Å². The van der Waals surface area contributed by atoms with Crippen molar-refractivity contribution >= 4 is 11.8 Å². The molecule has 144 valence electrons. The largest absolute Gasteiger partial charge is 0.478 e. The lowest BCUT2D eigenvalue weighted by molar-refractivity contribution is 0.0697. The number of carboxylic acids is 1. The maximum atomic E-state index is 14.4. The number of nitrogens with one attached hydrogen (secondary N) is 1. The van der Waals surface area contributed by atoms with Crippen molar-refractivity contribution in [1.82, 2.24) is 14.8 Å². The van der Waals surface area contributed by atoms with Crippen LogP contribution in [0.5, 0.6) is 0 Å². The minimum atomic E-state index is -1.03. The molecule has 7 heteroatoms. The van der Waals surface area contributed by atoms with Crippen LogP contribution in [0.1, 0.15) is 15.9 Å². The number of para-hydroxylation sites is 1. The Kier molecular flexibility index (Phi) is 5.03. The second-order valence-corrected chi connectivity index (χ2v) is 6.35. The molecule has 2 aromatic heterocycles. The van der Waals surface area contributed by atoms with Crippen molar-refractivity contribution < 1.29 is 14.3 Å². The Morgan fingerprint density at radius 3 is 2.59 bits per heavy atom. The molecule has 0 amide bonds. The highest BCUT2D eigenvalue weighted by molar-refractivity contribution is 5.88. The summed E-state index contributed by atoms with van der Waals surface area (Å²) in [7, 11) is 0. The first-order chi connectivity index (χ1) is 14.1. The Hall–Kier alpha value is -4.00. The van der Waals surface area contributed by atoms with E-state index < -0.39 is 5.97 Å². The van der Waals surface area contributed by atoms with E-state index in [1.54, 1.807) is 22.9 Å². The Morgan fingerprint density at radius 1 is 1.07 bits per heavy atom. The average molecular weight is 388 g/mol. The Balaban J connectivity index is 1.70. The van der Waals surface area contributed by atoms with E-state index in [1.807, 2.05) is 36.5 Å². The van der Waals surface area contributed by atoms with E-state index >= 15 is 0 Å². The fourth-order valence-electron chi connectivity index (χ4n) is 2.98. The van der Waals surface area contributed by atoms with E-state index in [2.05, 4.69) is 15.4 Å². The molecule has 0 atom stereocenters. The van der Waals surface area contributed by atoms with Gasteiger partial charge in [0, 0.05) is 30.1 Å². The topological polar surface area (TPSA) is 80.0 Å². The first-order valence-electron chi connectivity index (χ1n) is 8.94. The second kappa shape index (κ2) is 7.93. The predicted octanol–water partition coefficient (Wildman–Crippen LogP) is 4.38. The maximum absolute atomic E-state index is 14.4. The van der Waals surface area contributed by atoms with Gasteiger partial charge in [0.25, 0.3) is 0 Å². The fourth-order valence-corrected chi connectivity index (χ4v) is 2.98. The molecular formula is C22H17FN4O2. The predicted molar refractivity (Wildman–Crippen MR) is 107 cm³/mol.